The second-order valence-electron chi connectivity index (χ2n) is 18.9. The van der Waals surface area contributed by atoms with Crippen LogP contribution in [0.5, 0.6) is 0 Å². The van der Waals surface area contributed by atoms with E-state index in [2.05, 4.69) is 236 Å². The standard InChI is InChI=1S/C58H68N2.C3H8.C2H6.CH4S/c1-12-41-21-25-46(26-22-41)51(36-43(14-3)45-23-19-40(7)20-24-45)55(57(8,9)15-4)54(49-18-16-17-42(13-2)35-49)56-52(47-31-33-50(34-32-47)58(10,11)38-59)37-53(60-56)48-29-27-44(28-30-48)39(5)6;1-3-2;2*1-2/h16-37,39H,12-15,38,59H2,1-11H3;3H2,1-2H3;1-2H3;2H,1H3/b43-36+,55-51+,56-54-;;;. The van der Waals surface area contributed by atoms with Crippen LogP contribution in [-0.4, -0.2) is 18.5 Å². The third-order valence-electron chi connectivity index (χ3n) is 12.9. The molecule has 0 saturated carbocycles. The third kappa shape index (κ3) is 14.5. The molecule has 3 heteroatoms. The van der Waals surface area contributed by atoms with Crippen LogP contribution in [-0.2, 0) is 18.3 Å². The van der Waals surface area contributed by atoms with E-state index in [1.165, 1.54) is 73.2 Å². The molecule has 5 aromatic rings. The summed E-state index contributed by atoms with van der Waals surface area (Å²) in [6.45, 7) is 33.9. The summed E-state index contributed by atoms with van der Waals surface area (Å²) in [5.41, 5.74) is 26.5. The minimum absolute atomic E-state index is 0.128. The summed E-state index contributed by atoms with van der Waals surface area (Å²) in [6.07, 6.45) is 11.6. The van der Waals surface area contributed by atoms with Crippen LogP contribution < -0.4 is 5.73 Å². The van der Waals surface area contributed by atoms with E-state index in [9.17, 15) is 0 Å². The Labute approximate surface area is 415 Å². The van der Waals surface area contributed by atoms with Gasteiger partial charge in [0.25, 0.3) is 0 Å². The minimum Gasteiger partial charge on any atom is -0.330 e. The number of rotatable bonds is 15. The number of aryl methyl sites for hydroxylation is 3. The van der Waals surface area contributed by atoms with Crippen LogP contribution in [0.3, 0.4) is 0 Å². The van der Waals surface area contributed by atoms with E-state index in [4.69, 9.17) is 10.7 Å². The highest BCUT2D eigenvalue weighted by molar-refractivity contribution is 7.79. The maximum absolute atomic E-state index is 6.28. The van der Waals surface area contributed by atoms with Gasteiger partial charge in [-0.05, 0) is 117 Å². The lowest BCUT2D eigenvalue weighted by molar-refractivity contribution is 0.444. The first-order chi connectivity index (χ1) is 32.1. The van der Waals surface area contributed by atoms with Crippen molar-refractivity contribution in [2.24, 2.45) is 16.1 Å². The first-order valence-electron chi connectivity index (χ1n) is 25.3. The normalized spacial score (nSPS) is 13.8. The Bertz CT molecular complexity index is 2450. The van der Waals surface area contributed by atoms with Crippen molar-refractivity contribution in [1.29, 1.82) is 0 Å². The van der Waals surface area contributed by atoms with Gasteiger partial charge in [-0.1, -0.05) is 236 Å². The predicted octanol–water partition coefficient (Wildman–Crippen LogP) is 18.1. The molecule has 2 nitrogen and oxygen atoms in total. The summed E-state index contributed by atoms with van der Waals surface area (Å²) in [4.78, 5) is 5.78. The van der Waals surface area contributed by atoms with E-state index in [-0.39, 0.29) is 10.8 Å². The Hall–Kier alpha value is -4.96. The van der Waals surface area contributed by atoms with Crippen molar-refractivity contribution in [2.75, 3.05) is 12.8 Å². The minimum atomic E-state index is -0.247. The van der Waals surface area contributed by atoms with Crippen LogP contribution in [0.15, 0.2) is 150 Å². The summed E-state index contributed by atoms with van der Waals surface area (Å²) in [6, 6.07) is 45.7. The van der Waals surface area contributed by atoms with Gasteiger partial charge in [0.2, 0.25) is 0 Å². The number of allylic oxidation sites excluding steroid dienone is 7. The fourth-order valence-corrected chi connectivity index (χ4v) is 8.15. The third-order valence-corrected chi connectivity index (χ3v) is 12.9. The van der Waals surface area contributed by atoms with Crippen molar-refractivity contribution >= 4 is 40.6 Å². The predicted molar refractivity (Wildman–Crippen MR) is 305 cm³/mol. The molecule has 0 amide bonds. The van der Waals surface area contributed by atoms with Gasteiger partial charge in [0.05, 0.1) is 11.4 Å². The number of thiol groups is 1. The molecular weight excluding hydrogens is 829 g/mol. The molecule has 358 valence electrons. The first-order valence-corrected chi connectivity index (χ1v) is 26.2. The molecule has 0 aromatic heterocycles. The monoisotopic (exact) mass is 915 g/mol. The van der Waals surface area contributed by atoms with Gasteiger partial charge in [0.1, 0.15) is 0 Å². The lowest BCUT2D eigenvalue weighted by Gasteiger charge is -2.33. The molecule has 0 fully saturated rings. The molecule has 5 aromatic carbocycles. The van der Waals surface area contributed by atoms with Crippen LogP contribution in [0.1, 0.15) is 178 Å². The van der Waals surface area contributed by atoms with Crippen LogP contribution >= 0.6 is 12.6 Å². The Morgan fingerprint density at radius 3 is 1.73 bits per heavy atom. The quantitative estimate of drug-likeness (QED) is 0.0797. The molecule has 67 heavy (non-hydrogen) atoms. The molecule has 6 rings (SSSR count). The summed E-state index contributed by atoms with van der Waals surface area (Å²) >= 11 is 3.53. The van der Waals surface area contributed by atoms with Gasteiger partial charge < -0.3 is 5.73 Å². The molecule has 0 aliphatic carbocycles. The van der Waals surface area contributed by atoms with Crippen molar-refractivity contribution < 1.29 is 0 Å². The summed E-state index contributed by atoms with van der Waals surface area (Å²) < 4.78 is 0. The molecule has 1 heterocycles. The Morgan fingerprint density at radius 2 is 1.22 bits per heavy atom. The zero-order valence-corrected chi connectivity index (χ0v) is 45.4. The number of hydrogen-bond donors (Lipinski definition) is 2. The topological polar surface area (TPSA) is 38.4 Å². The second-order valence-corrected chi connectivity index (χ2v) is 18.9. The van der Waals surface area contributed by atoms with Crippen molar-refractivity contribution in [3.05, 3.63) is 200 Å². The zero-order valence-electron chi connectivity index (χ0n) is 44.5. The van der Waals surface area contributed by atoms with Gasteiger partial charge in [0.15, 0.2) is 0 Å². The second kappa shape index (κ2) is 27.1. The Morgan fingerprint density at radius 1 is 0.672 bits per heavy atom. The zero-order chi connectivity index (χ0) is 49.9. The van der Waals surface area contributed by atoms with Crippen LogP contribution in [0.25, 0.3) is 22.3 Å². The molecule has 0 bridgehead atoms. The highest BCUT2D eigenvalue weighted by Gasteiger charge is 2.34. The smallest absolute Gasteiger partial charge is 0.0797 e. The van der Waals surface area contributed by atoms with Crippen molar-refractivity contribution in [3.8, 4) is 0 Å². The lowest BCUT2D eigenvalue weighted by Crippen LogP contribution is -2.27. The maximum atomic E-state index is 6.28. The highest BCUT2D eigenvalue weighted by atomic mass is 32.1. The van der Waals surface area contributed by atoms with Gasteiger partial charge in [-0.2, -0.15) is 12.6 Å². The van der Waals surface area contributed by atoms with Gasteiger partial charge in [0, 0.05) is 28.7 Å². The van der Waals surface area contributed by atoms with Gasteiger partial charge >= 0.3 is 0 Å². The summed E-state index contributed by atoms with van der Waals surface area (Å²) in [5.74, 6) is 0.453. The highest BCUT2D eigenvalue weighted by Crippen LogP contribution is 2.50. The van der Waals surface area contributed by atoms with E-state index < -0.39 is 0 Å². The lowest BCUT2D eigenvalue weighted by atomic mass is 9.71. The van der Waals surface area contributed by atoms with Crippen LogP contribution in [0, 0.1) is 12.3 Å². The largest absolute Gasteiger partial charge is 0.330 e. The SMILES string of the molecule is CC.CCC.CC\C(=C/C(=C(/C(=C1\N=C(c2ccc(C(C)C)cc2)C=C1c1ccc(C(C)(C)CN)cc1)c1cccc(CC)c1)C(C)(C)CC)c1ccc(CC)cc1)c1ccc(C)cc1.CS. The molecular formula is C64H86N2S. The van der Waals surface area contributed by atoms with E-state index in [1.54, 1.807) is 6.26 Å². The van der Waals surface area contributed by atoms with E-state index >= 15 is 0 Å². The molecule has 0 radical (unpaired) electrons. The van der Waals surface area contributed by atoms with Crippen molar-refractivity contribution in [3.63, 3.8) is 0 Å². The maximum Gasteiger partial charge on any atom is 0.0797 e. The van der Waals surface area contributed by atoms with Crippen LogP contribution in [0.2, 0.25) is 0 Å². The number of benzene rings is 5. The molecule has 0 saturated heterocycles. The van der Waals surface area contributed by atoms with Crippen molar-refractivity contribution in [1.82, 2.24) is 0 Å². The average molecular weight is 915 g/mol. The number of nitrogens with two attached hydrogens (primary N) is 1. The number of hydrogen-bond acceptors (Lipinski definition) is 3. The molecule has 0 atom stereocenters. The van der Waals surface area contributed by atoms with E-state index in [1.807, 2.05) is 13.8 Å². The van der Waals surface area contributed by atoms with E-state index in [0.29, 0.717) is 12.5 Å². The molecule has 1 aliphatic rings. The number of nitrogens with zero attached hydrogens (tertiary/aromatic N) is 1. The molecule has 0 unspecified atom stereocenters. The van der Waals surface area contributed by atoms with E-state index in [0.717, 1.165) is 53.8 Å². The van der Waals surface area contributed by atoms with Gasteiger partial charge in [-0.15, -0.1) is 0 Å². The fraction of sp³-hybridized carbons (Fsp3) is 0.391. The number of aliphatic imine (C=N–C) groups is 1. The molecule has 2 N–H and O–H groups in total. The molecule has 0 spiro atoms. The Balaban J connectivity index is 0.00000161. The average Bonchev–Trinajstić information content (AvgIpc) is 3.80. The van der Waals surface area contributed by atoms with Gasteiger partial charge in [-0.3, -0.25) is 0 Å². The summed E-state index contributed by atoms with van der Waals surface area (Å²) in [5, 5.41) is 0. The van der Waals surface area contributed by atoms with Gasteiger partial charge in [-0.25, -0.2) is 4.99 Å². The Kier molecular flexibility index (Phi) is 22.8. The molecule has 1 aliphatic heterocycles. The fourth-order valence-electron chi connectivity index (χ4n) is 8.15. The summed E-state index contributed by atoms with van der Waals surface area (Å²) in [7, 11) is 0. The first kappa shape index (κ1) is 56.4. The van der Waals surface area contributed by atoms with Crippen molar-refractivity contribution in [2.45, 2.75) is 147 Å². The van der Waals surface area contributed by atoms with Crippen LogP contribution in [0.4, 0.5) is 0 Å².